The highest BCUT2D eigenvalue weighted by molar-refractivity contribution is 7.89. The Kier molecular flexibility index (Phi) is 6.72. The molecular formula is C20H23ClN2O4S. The number of carbonyl (C=O) groups is 1. The second-order valence-corrected chi connectivity index (χ2v) is 9.24. The standard InChI is InChI=1S/C20H23ClN2O4S/c1-23(28(25,26)19-10-8-17(21)9-11-19)14-15-4-6-16(7-5-15)20(24)22-13-18-3-2-12-27-18/h4-11,18H,2-3,12-14H2,1H3,(H,22,24). The van der Waals surface area contributed by atoms with Crippen molar-refractivity contribution in [3.05, 3.63) is 64.7 Å². The number of benzene rings is 2. The fourth-order valence-electron chi connectivity index (χ4n) is 3.00. The van der Waals surface area contributed by atoms with E-state index in [9.17, 15) is 13.2 Å². The van der Waals surface area contributed by atoms with E-state index in [0.717, 1.165) is 25.0 Å². The van der Waals surface area contributed by atoms with Gasteiger partial charge in [0, 0.05) is 37.3 Å². The van der Waals surface area contributed by atoms with Crippen molar-refractivity contribution in [2.75, 3.05) is 20.2 Å². The van der Waals surface area contributed by atoms with E-state index in [1.54, 1.807) is 36.4 Å². The van der Waals surface area contributed by atoms with E-state index in [-0.39, 0.29) is 23.5 Å². The molecule has 0 saturated carbocycles. The number of ether oxygens (including phenoxy) is 1. The van der Waals surface area contributed by atoms with Crippen LogP contribution in [0.5, 0.6) is 0 Å². The fourth-order valence-corrected chi connectivity index (χ4v) is 4.29. The number of nitrogens with zero attached hydrogens (tertiary/aromatic N) is 1. The largest absolute Gasteiger partial charge is 0.376 e. The monoisotopic (exact) mass is 422 g/mol. The molecule has 0 bridgehead atoms. The van der Waals surface area contributed by atoms with Gasteiger partial charge in [0.15, 0.2) is 0 Å². The molecule has 1 N–H and O–H groups in total. The third-order valence-electron chi connectivity index (χ3n) is 4.66. The summed E-state index contributed by atoms with van der Waals surface area (Å²) in [6.45, 7) is 1.45. The quantitative estimate of drug-likeness (QED) is 0.744. The van der Waals surface area contributed by atoms with Crippen molar-refractivity contribution in [3.63, 3.8) is 0 Å². The summed E-state index contributed by atoms with van der Waals surface area (Å²) in [5, 5.41) is 3.35. The van der Waals surface area contributed by atoms with Crippen LogP contribution in [0.1, 0.15) is 28.8 Å². The van der Waals surface area contributed by atoms with Gasteiger partial charge >= 0.3 is 0 Å². The van der Waals surface area contributed by atoms with Gasteiger partial charge in [-0.3, -0.25) is 4.79 Å². The zero-order valence-electron chi connectivity index (χ0n) is 15.6. The molecule has 1 heterocycles. The summed E-state index contributed by atoms with van der Waals surface area (Å²) in [5.41, 5.74) is 1.32. The van der Waals surface area contributed by atoms with Crippen LogP contribution in [0.25, 0.3) is 0 Å². The van der Waals surface area contributed by atoms with E-state index in [4.69, 9.17) is 16.3 Å². The van der Waals surface area contributed by atoms with E-state index in [0.29, 0.717) is 17.1 Å². The zero-order chi connectivity index (χ0) is 20.1. The molecule has 1 saturated heterocycles. The first-order chi connectivity index (χ1) is 13.4. The van der Waals surface area contributed by atoms with Crippen molar-refractivity contribution in [3.8, 4) is 0 Å². The first-order valence-electron chi connectivity index (χ1n) is 9.07. The summed E-state index contributed by atoms with van der Waals surface area (Å²) in [5.74, 6) is -0.163. The third-order valence-corrected chi connectivity index (χ3v) is 6.73. The van der Waals surface area contributed by atoms with Crippen LogP contribution in [0.4, 0.5) is 0 Å². The van der Waals surface area contributed by atoms with Gasteiger partial charge < -0.3 is 10.1 Å². The molecule has 1 unspecified atom stereocenters. The van der Waals surface area contributed by atoms with Crippen LogP contribution >= 0.6 is 11.6 Å². The first kappa shape index (κ1) is 20.8. The number of hydrogen-bond donors (Lipinski definition) is 1. The van der Waals surface area contributed by atoms with Crippen LogP contribution in [0.3, 0.4) is 0 Å². The number of hydrogen-bond acceptors (Lipinski definition) is 4. The number of rotatable bonds is 7. The average molecular weight is 423 g/mol. The third kappa shape index (κ3) is 5.11. The zero-order valence-corrected chi connectivity index (χ0v) is 17.2. The van der Waals surface area contributed by atoms with E-state index < -0.39 is 10.0 Å². The summed E-state index contributed by atoms with van der Waals surface area (Å²) in [7, 11) is -2.10. The molecule has 28 heavy (non-hydrogen) atoms. The van der Waals surface area contributed by atoms with Gasteiger partial charge in [0.05, 0.1) is 11.0 Å². The summed E-state index contributed by atoms with van der Waals surface area (Å²) in [6.07, 6.45) is 2.09. The molecule has 6 nitrogen and oxygen atoms in total. The molecule has 150 valence electrons. The number of nitrogens with one attached hydrogen (secondary N) is 1. The number of halogens is 1. The van der Waals surface area contributed by atoms with Gasteiger partial charge in [0.1, 0.15) is 0 Å². The molecular weight excluding hydrogens is 400 g/mol. The predicted octanol–water partition coefficient (Wildman–Crippen LogP) is 3.07. The highest BCUT2D eigenvalue weighted by Crippen LogP contribution is 2.19. The summed E-state index contributed by atoms with van der Waals surface area (Å²) in [4.78, 5) is 12.4. The van der Waals surface area contributed by atoms with Gasteiger partial charge in [-0.15, -0.1) is 0 Å². The minimum Gasteiger partial charge on any atom is -0.376 e. The van der Waals surface area contributed by atoms with Crippen LogP contribution in [0.2, 0.25) is 5.02 Å². The van der Waals surface area contributed by atoms with Crippen LogP contribution in [0, 0.1) is 0 Å². The second-order valence-electron chi connectivity index (χ2n) is 6.76. The van der Waals surface area contributed by atoms with E-state index in [1.165, 1.54) is 23.5 Å². The van der Waals surface area contributed by atoms with Crippen molar-refractivity contribution in [1.82, 2.24) is 9.62 Å². The Bertz CT molecular complexity index is 908. The first-order valence-corrected chi connectivity index (χ1v) is 10.9. The molecule has 1 aliphatic rings. The molecule has 0 spiro atoms. The van der Waals surface area contributed by atoms with Gasteiger partial charge in [0.2, 0.25) is 10.0 Å². The lowest BCUT2D eigenvalue weighted by atomic mass is 10.1. The Morgan fingerprint density at radius 3 is 2.46 bits per heavy atom. The highest BCUT2D eigenvalue weighted by atomic mass is 35.5. The summed E-state index contributed by atoms with van der Waals surface area (Å²) in [6, 6.07) is 13.0. The molecule has 2 aromatic carbocycles. The van der Waals surface area contributed by atoms with E-state index in [1.807, 2.05) is 0 Å². The van der Waals surface area contributed by atoms with Crippen molar-refractivity contribution >= 4 is 27.5 Å². The Hall–Kier alpha value is -1.93. The maximum atomic E-state index is 12.6. The van der Waals surface area contributed by atoms with Gasteiger partial charge in [0.25, 0.3) is 5.91 Å². The van der Waals surface area contributed by atoms with Gasteiger partial charge in [-0.1, -0.05) is 23.7 Å². The Labute approximate surface area is 170 Å². The molecule has 0 radical (unpaired) electrons. The van der Waals surface area contributed by atoms with Crippen LogP contribution in [-0.4, -0.2) is 44.9 Å². The average Bonchev–Trinajstić information content (AvgIpc) is 3.20. The SMILES string of the molecule is CN(Cc1ccc(C(=O)NCC2CCCO2)cc1)S(=O)(=O)c1ccc(Cl)cc1. The Morgan fingerprint density at radius 1 is 1.18 bits per heavy atom. The normalized spacial score (nSPS) is 17.0. The summed E-state index contributed by atoms with van der Waals surface area (Å²) < 4.78 is 32.0. The predicted molar refractivity (Wildman–Crippen MR) is 108 cm³/mol. The molecule has 2 aromatic rings. The minimum absolute atomic E-state index is 0.0925. The molecule has 1 atom stereocenters. The smallest absolute Gasteiger partial charge is 0.251 e. The topological polar surface area (TPSA) is 75.7 Å². The number of sulfonamides is 1. The maximum Gasteiger partial charge on any atom is 0.251 e. The Morgan fingerprint density at radius 2 is 1.86 bits per heavy atom. The Balaban J connectivity index is 1.59. The van der Waals surface area contributed by atoms with Gasteiger partial charge in [-0.2, -0.15) is 4.31 Å². The molecule has 0 aromatic heterocycles. The maximum absolute atomic E-state index is 12.6. The minimum atomic E-state index is -3.62. The lowest BCUT2D eigenvalue weighted by Gasteiger charge is -2.17. The van der Waals surface area contributed by atoms with Crippen molar-refractivity contribution in [1.29, 1.82) is 0 Å². The van der Waals surface area contributed by atoms with Gasteiger partial charge in [-0.05, 0) is 54.8 Å². The fraction of sp³-hybridized carbons (Fsp3) is 0.350. The van der Waals surface area contributed by atoms with Crippen molar-refractivity contribution in [2.24, 2.45) is 0 Å². The molecule has 1 amide bonds. The number of carbonyl (C=O) groups excluding carboxylic acids is 1. The molecule has 0 aliphatic carbocycles. The summed E-state index contributed by atoms with van der Waals surface area (Å²) >= 11 is 5.82. The lowest BCUT2D eigenvalue weighted by molar-refractivity contribution is 0.0858. The van der Waals surface area contributed by atoms with Gasteiger partial charge in [-0.25, -0.2) is 8.42 Å². The number of amides is 1. The van der Waals surface area contributed by atoms with E-state index >= 15 is 0 Å². The molecule has 3 rings (SSSR count). The van der Waals surface area contributed by atoms with Crippen LogP contribution in [-0.2, 0) is 21.3 Å². The van der Waals surface area contributed by atoms with E-state index in [2.05, 4.69) is 5.32 Å². The molecule has 1 fully saturated rings. The highest BCUT2D eigenvalue weighted by Gasteiger charge is 2.21. The van der Waals surface area contributed by atoms with Crippen molar-refractivity contribution in [2.45, 2.75) is 30.4 Å². The second kappa shape index (κ2) is 9.05. The lowest BCUT2D eigenvalue weighted by Crippen LogP contribution is -2.31. The van der Waals surface area contributed by atoms with Crippen molar-refractivity contribution < 1.29 is 17.9 Å². The van der Waals surface area contributed by atoms with Crippen LogP contribution in [0.15, 0.2) is 53.4 Å². The van der Waals surface area contributed by atoms with Crippen LogP contribution < -0.4 is 5.32 Å². The molecule has 1 aliphatic heterocycles. The molecule has 8 heteroatoms.